The van der Waals surface area contributed by atoms with E-state index in [2.05, 4.69) is 53.6 Å². The van der Waals surface area contributed by atoms with Crippen LogP contribution < -0.4 is 10.2 Å². The summed E-state index contributed by atoms with van der Waals surface area (Å²) in [6.45, 7) is 3.83. The van der Waals surface area contributed by atoms with Crippen LogP contribution in [0.4, 0.5) is 0 Å². The van der Waals surface area contributed by atoms with Crippen LogP contribution in [0, 0.1) is 18.8 Å². The maximum absolute atomic E-state index is 8.91. The molecule has 0 spiro atoms. The standard InChI is InChI=1S/C21H21N3O2/c1-15-4-7-17(8-5-15)21-14-18(9-6-16(2)23-25)22-24(21)19-10-12-20(26-3)13-11-19/h4-5,7-8,10-14,16,23,25H,1-3H3. The first-order valence-electron chi connectivity index (χ1n) is 8.33. The largest absolute Gasteiger partial charge is 0.497 e. The lowest BCUT2D eigenvalue weighted by Crippen LogP contribution is -2.19. The van der Waals surface area contributed by atoms with E-state index < -0.39 is 0 Å². The highest BCUT2D eigenvalue weighted by atomic mass is 16.5. The second-order valence-electron chi connectivity index (χ2n) is 6.01. The highest BCUT2D eigenvalue weighted by molar-refractivity contribution is 5.64. The molecule has 1 atom stereocenters. The Bertz CT molecular complexity index is 932. The third kappa shape index (κ3) is 3.94. The van der Waals surface area contributed by atoms with Gasteiger partial charge in [0.2, 0.25) is 0 Å². The Labute approximate surface area is 153 Å². The number of benzene rings is 2. The van der Waals surface area contributed by atoms with Crippen molar-refractivity contribution in [1.82, 2.24) is 15.3 Å². The van der Waals surface area contributed by atoms with Crippen LogP contribution in [-0.2, 0) is 0 Å². The lowest BCUT2D eigenvalue weighted by Gasteiger charge is -2.08. The average Bonchev–Trinajstić information content (AvgIpc) is 3.11. The molecule has 0 amide bonds. The monoisotopic (exact) mass is 347 g/mol. The predicted molar refractivity (Wildman–Crippen MR) is 102 cm³/mol. The highest BCUT2D eigenvalue weighted by Gasteiger charge is 2.11. The molecule has 1 unspecified atom stereocenters. The van der Waals surface area contributed by atoms with Crippen molar-refractivity contribution in [2.24, 2.45) is 0 Å². The van der Waals surface area contributed by atoms with Gasteiger partial charge in [0.15, 0.2) is 0 Å². The Morgan fingerprint density at radius 3 is 2.42 bits per heavy atom. The fraction of sp³-hybridized carbons (Fsp3) is 0.190. The number of hydrogen-bond acceptors (Lipinski definition) is 4. The molecule has 2 aromatic carbocycles. The Balaban J connectivity index is 2.08. The van der Waals surface area contributed by atoms with Crippen LogP contribution in [0.1, 0.15) is 18.2 Å². The molecule has 0 aliphatic rings. The van der Waals surface area contributed by atoms with Gasteiger partial charge in [0.05, 0.1) is 24.5 Å². The van der Waals surface area contributed by atoms with E-state index in [9.17, 15) is 0 Å². The van der Waals surface area contributed by atoms with Gasteiger partial charge >= 0.3 is 0 Å². The number of nitrogens with zero attached hydrogens (tertiary/aromatic N) is 2. The van der Waals surface area contributed by atoms with Gasteiger partial charge in [-0.3, -0.25) is 0 Å². The first kappa shape index (κ1) is 17.7. The highest BCUT2D eigenvalue weighted by Crippen LogP contribution is 2.25. The summed E-state index contributed by atoms with van der Waals surface area (Å²) >= 11 is 0. The third-order valence-corrected chi connectivity index (χ3v) is 3.98. The van der Waals surface area contributed by atoms with Crippen molar-refractivity contribution in [3.63, 3.8) is 0 Å². The zero-order valence-corrected chi connectivity index (χ0v) is 15.0. The predicted octanol–water partition coefficient (Wildman–Crippen LogP) is 3.58. The van der Waals surface area contributed by atoms with Crippen LogP contribution in [0.2, 0.25) is 0 Å². The van der Waals surface area contributed by atoms with Crippen molar-refractivity contribution < 1.29 is 9.94 Å². The van der Waals surface area contributed by atoms with E-state index in [0.717, 1.165) is 22.7 Å². The van der Waals surface area contributed by atoms with E-state index in [1.54, 1.807) is 14.0 Å². The molecule has 0 bridgehead atoms. The summed E-state index contributed by atoms with van der Waals surface area (Å²) in [5.41, 5.74) is 6.88. The summed E-state index contributed by atoms with van der Waals surface area (Å²) in [6.07, 6.45) is 0. The van der Waals surface area contributed by atoms with Gasteiger partial charge in [0, 0.05) is 11.6 Å². The van der Waals surface area contributed by atoms with Gasteiger partial charge < -0.3 is 9.94 Å². The topological polar surface area (TPSA) is 59.3 Å². The van der Waals surface area contributed by atoms with Crippen molar-refractivity contribution in [3.8, 4) is 34.5 Å². The van der Waals surface area contributed by atoms with Gasteiger partial charge in [0.25, 0.3) is 0 Å². The van der Waals surface area contributed by atoms with Crippen LogP contribution in [0.3, 0.4) is 0 Å². The summed E-state index contributed by atoms with van der Waals surface area (Å²) in [7, 11) is 1.64. The SMILES string of the molecule is COc1ccc(-n2nc(C#CC(C)NO)cc2-c2ccc(C)cc2)cc1. The Morgan fingerprint density at radius 1 is 1.12 bits per heavy atom. The van der Waals surface area contributed by atoms with Gasteiger partial charge in [-0.15, -0.1) is 0 Å². The van der Waals surface area contributed by atoms with Gasteiger partial charge in [-0.1, -0.05) is 35.7 Å². The van der Waals surface area contributed by atoms with E-state index in [0.29, 0.717) is 5.69 Å². The summed E-state index contributed by atoms with van der Waals surface area (Å²) in [6, 6.07) is 17.6. The maximum atomic E-state index is 8.91. The van der Waals surface area contributed by atoms with Crippen LogP contribution >= 0.6 is 0 Å². The van der Waals surface area contributed by atoms with Gasteiger partial charge in [-0.05, 0) is 44.0 Å². The van der Waals surface area contributed by atoms with Crippen LogP contribution in [-0.4, -0.2) is 28.1 Å². The Kier molecular flexibility index (Phi) is 5.37. The fourth-order valence-corrected chi connectivity index (χ4v) is 2.51. The zero-order valence-electron chi connectivity index (χ0n) is 15.0. The average molecular weight is 347 g/mol. The van der Waals surface area contributed by atoms with Gasteiger partial charge in [-0.25, -0.2) is 4.68 Å². The number of hydrogen-bond donors (Lipinski definition) is 2. The molecule has 132 valence electrons. The van der Waals surface area contributed by atoms with Crippen molar-refractivity contribution in [3.05, 3.63) is 65.9 Å². The number of methoxy groups -OCH3 is 1. The molecular weight excluding hydrogens is 326 g/mol. The minimum atomic E-state index is -0.330. The van der Waals surface area contributed by atoms with Crippen LogP contribution in [0.15, 0.2) is 54.6 Å². The molecule has 3 rings (SSSR count). The van der Waals surface area contributed by atoms with E-state index >= 15 is 0 Å². The Hall–Kier alpha value is -3.07. The molecule has 0 radical (unpaired) electrons. The Morgan fingerprint density at radius 2 is 1.81 bits per heavy atom. The second kappa shape index (κ2) is 7.87. The van der Waals surface area contributed by atoms with E-state index in [4.69, 9.17) is 9.94 Å². The molecule has 1 heterocycles. The molecule has 0 saturated heterocycles. The number of ether oxygens (including phenoxy) is 1. The maximum Gasteiger partial charge on any atom is 0.136 e. The van der Waals surface area contributed by atoms with Gasteiger partial charge in [-0.2, -0.15) is 10.6 Å². The molecule has 2 N–H and O–H groups in total. The van der Waals surface area contributed by atoms with E-state index in [-0.39, 0.29) is 6.04 Å². The molecule has 0 saturated carbocycles. The third-order valence-electron chi connectivity index (χ3n) is 3.98. The van der Waals surface area contributed by atoms with Crippen LogP contribution in [0.5, 0.6) is 5.75 Å². The first-order valence-corrected chi connectivity index (χ1v) is 8.33. The zero-order chi connectivity index (χ0) is 18.5. The molecule has 1 aromatic heterocycles. The first-order chi connectivity index (χ1) is 12.6. The fourth-order valence-electron chi connectivity index (χ4n) is 2.51. The minimum absolute atomic E-state index is 0.330. The van der Waals surface area contributed by atoms with Crippen LogP contribution in [0.25, 0.3) is 16.9 Å². The molecule has 3 aromatic rings. The smallest absolute Gasteiger partial charge is 0.136 e. The summed E-state index contributed by atoms with van der Waals surface area (Å²) < 4.78 is 7.10. The van der Waals surface area contributed by atoms with Crippen molar-refractivity contribution >= 4 is 0 Å². The summed E-state index contributed by atoms with van der Waals surface area (Å²) in [4.78, 5) is 0. The molecule has 0 fully saturated rings. The van der Waals surface area contributed by atoms with Gasteiger partial charge in [0.1, 0.15) is 11.4 Å². The molecule has 0 aliphatic carbocycles. The number of nitrogens with one attached hydrogen (secondary N) is 1. The molecule has 0 aliphatic heterocycles. The van der Waals surface area contributed by atoms with E-state index in [1.165, 1.54) is 5.56 Å². The minimum Gasteiger partial charge on any atom is -0.497 e. The second-order valence-corrected chi connectivity index (χ2v) is 6.01. The van der Waals surface area contributed by atoms with Crippen molar-refractivity contribution in [2.45, 2.75) is 19.9 Å². The number of rotatable bonds is 4. The summed E-state index contributed by atoms with van der Waals surface area (Å²) in [5.74, 6) is 6.71. The molecular formula is C21H21N3O2. The summed E-state index contributed by atoms with van der Waals surface area (Å²) in [5, 5.41) is 13.5. The number of aromatic nitrogens is 2. The number of hydroxylamine groups is 1. The molecule has 5 nitrogen and oxygen atoms in total. The number of aryl methyl sites for hydroxylation is 1. The molecule has 5 heteroatoms. The van der Waals surface area contributed by atoms with Crippen molar-refractivity contribution in [1.29, 1.82) is 0 Å². The normalized spacial score (nSPS) is 11.5. The lowest BCUT2D eigenvalue weighted by atomic mass is 10.1. The quantitative estimate of drug-likeness (QED) is 0.559. The van der Waals surface area contributed by atoms with Crippen molar-refractivity contribution in [2.75, 3.05) is 7.11 Å². The molecule has 26 heavy (non-hydrogen) atoms. The van der Waals surface area contributed by atoms with E-state index in [1.807, 2.05) is 35.0 Å². The lowest BCUT2D eigenvalue weighted by molar-refractivity contribution is 0.152.